The minimum atomic E-state index is 0.00991. The average Bonchev–Trinajstić information content (AvgIpc) is 3.18. The zero-order valence-electron chi connectivity index (χ0n) is 14.2. The van der Waals surface area contributed by atoms with Crippen LogP contribution in [-0.4, -0.2) is 27.4 Å². The number of imidazole rings is 1. The number of aromatic amines is 1. The molecule has 122 valence electrons. The molecule has 24 heavy (non-hydrogen) atoms. The van der Waals surface area contributed by atoms with Gasteiger partial charge in [-0.15, -0.1) is 0 Å². The number of carbonyl (C=O) groups excluding carboxylic acids is 1. The first kappa shape index (κ1) is 14.9. The largest absolute Gasteiger partial charge is 0.340 e. The van der Waals surface area contributed by atoms with Crippen molar-refractivity contribution in [2.24, 2.45) is 0 Å². The Balaban J connectivity index is 1.79. The second-order valence-electron chi connectivity index (χ2n) is 6.37. The number of aromatic nitrogens is 3. The molecule has 1 amide bonds. The molecule has 1 aliphatic rings. The molecule has 0 saturated carbocycles. The van der Waals surface area contributed by atoms with Crippen molar-refractivity contribution in [3.8, 4) is 0 Å². The van der Waals surface area contributed by atoms with Gasteiger partial charge in [-0.1, -0.05) is 13.0 Å². The number of H-pyrrole nitrogens is 1. The van der Waals surface area contributed by atoms with E-state index in [0.717, 1.165) is 36.4 Å². The molecule has 0 bridgehead atoms. The number of pyridine rings is 1. The lowest BCUT2D eigenvalue weighted by Gasteiger charge is -2.18. The van der Waals surface area contributed by atoms with E-state index < -0.39 is 0 Å². The molecular formula is C19H20N4O. The van der Waals surface area contributed by atoms with Crippen molar-refractivity contribution in [3.05, 3.63) is 52.5 Å². The maximum Gasteiger partial charge on any atom is 0.260 e. The van der Waals surface area contributed by atoms with Crippen LogP contribution < -0.4 is 4.90 Å². The van der Waals surface area contributed by atoms with Crippen LogP contribution in [0.3, 0.4) is 0 Å². The molecule has 4 rings (SSSR count). The molecule has 0 spiro atoms. The third kappa shape index (κ3) is 2.19. The Morgan fingerprint density at radius 2 is 2.08 bits per heavy atom. The summed E-state index contributed by atoms with van der Waals surface area (Å²) in [5.41, 5.74) is 6.74. The number of fused-ring (bicyclic) bond motifs is 2. The molecule has 1 N–H and O–H groups in total. The van der Waals surface area contributed by atoms with E-state index in [2.05, 4.69) is 40.9 Å². The predicted molar refractivity (Wildman–Crippen MR) is 94.6 cm³/mol. The Hall–Kier alpha value is -2.69. The third-order valence-corrected chi connectivity index (χ3v) is 4.84. The number of hydrogen-bond donors (Lipinski definition) is 1. The van der Waals surface area contributed by atoms with Crippen LogP contribution in [0.2, 0.25) is 0 Å². The summed E-state index contributed by atoms with van der Waals surface area (Å²) < 4.78 is 0. The highest BCUT2D eigenvalue weighted by molar-refractivity contribution is 6.13. The van der Waals surface area contributed by atoms with E-state index >= 15 is 0 Å². The van der Waals surface area contributed by atoms with Crippen LogP contribution in [0.25, 0.3) is 11.2 Å². The zero-order valence-corrected chi connectivity index (χ0v) is 14.2. The van der Waals surface area contributed by atoms with Crippen molar-refractivity contribution in [2.75, 3.05) is 11.4 Å². The number of nitrogens with one attached hydrogen (secondary N) is 1. The number of nitrogens with zero attached hydrogens (tertiary/aromatic N) is 3. The lowest BCUT2D eigenvalue weighted by molar-refractivity contribution is 0.0990. The van der Waals surface area contributed by atoms with Crippen LogP contribution in [0.15, 0.2) is 24.4 Å². The quantitative estimate of drug-likeness (QED) is 0.788. The molecule has 0 fully saturated rings. The predicted octanol–water partition coefficient (Wildman–Crippen LogP) is 3.34. The van der Waals surface area contributed by atoms with E-state index in [-0.39, 0.29) is 5.91 Å². The van der Waals surface area contributed by atoms with Gasteiger partial charge in [0.2, 0.25) is 0 Å². The Labute approximate surface area is 140 Å². The van der Waals surface area contributed by atoms with Gasteiger partial charge in [0.05, 0.1) is 11.1 Å². The fourth-order valence-corrected chi connectivity index (χ4v) is 3.33. The number of amides is 1. The average molecular weight is 320 g/mol. The molecule has 0 atom stereocenters. The summed E-state index contributed by atoms with van der Waals surface area (Å²) in [6, 6.07) is 6.10. The summed E-state index contributed by atoms with van der Waals surface area (Å²) in [4.78, 5) is 27.0. The minimum absolute atomic E-state index is 0.00991. The van der Waals surface area contributed by atoms with E-state index in [1.54, 1.807) is 12.3 Å². The standard InChI is InChI=1S/C19H20N4O/c1-4-16-21-17-14(5-7-20-18(17)22-16)19(24)23-8-6-13-9-11(2)12(3)10-15(13)23/h5,7,9-10H,4,6,8H2,1-3H3,(H,20,21,22). The van der Waals surface area contributed by atoms with E-state index in [1.807, 2.05) is 11.8 Å². The summed E-state index contributed by atoms with van der Waals surface area (Å²) in [7, 11) is 0. The molecule has 1 aliphatic heterocycles. The third-order valence-electron chi connectivity index (χ3n) is 4.84. The fourth-order valence-electron chi connectivity index (χ4n) is 3.33. The molecule has 3 aromatic rings. The summed E-state index contributed by atoms with van der Waals surface area (Å²) in [6.07, 6.45) is 3.35. The number of aryl methyl sites for hydroxylation is 3. The normalized spacial score (nSPS) is 13.5. The number of benzene rings is 1. The van der Waals surface area contributed by atoms with E-state index in [4.69, 9.17) is 0 Å². The van der Waals surface area contributed by atoms with Crippen LogP contribution in [-0.2, 0) is 12.8 Å². The number of rotatable bonds is 2. The van der Waals surface area contributed by atoms with Gasteiger partial charge in [-0.05, 0) is 49.1 Å². The molecule has 5 nitrogen and oxygen atoms in total. The highest BCUT2D eigenvalue weighted by atomic mass is 16.2. The van der Waals surface area contributed by atoms with Crippen LogP contribution >= 0.6 is 0 Å². The van der Waals surface area contributed by atoms with Crippen LogP contribution in [0.5, 0.6) is 0 Å². The van der Waals surface area contributed by atoms with E-state index in [0.29, 0.717) is 11.2 Å². The molecule has 0 aliphatic carbocycles. The first-order chi connectivity index (χ1) is 11.6. The lowest BCUT2D eigenvalue weighted by atomic mass is 10.0. The molecule has 0 radical (unpaired) electrons. The van der Waals surface area contributed by atoms with Gasteiger partial charge < -0.3 is 9.88 Å². The topological polar surface area (TPSA) is 61.9 Å². The van der Waals surface area contributed by atoms with E-state index in [9.17, 15) is 4.79 Å². The number of anilines is 1. The summed E-state index contributed by atoms with van der Waals surface area (Å²) in [5, 5.41) is 0. The van der Waals surface area contributed by atoms with Crippen molar-refractivity contribution >= 4 is 22.8 Å². The highest BCUT2D eigenvalue weighted by Gasteiger charge is 2.27. The Kier molecular flexibility index (Phi) is 3.37. The van der Waals surface area contributed by atoms with Crippen molar-refractivity contribution < 1.29 is 4.79 Å². The summed E-state index contributed by atoms with van der Waals surface area (Å²) >= 11 is 0. The van der Waals surface area contributed by atoms with Crippen LogP contribution in [0.4, 0.5) is 5.69 Å². The second kappa shape index (κ2) is 5.44. The Bertz CT molecular complexity index is 957. The Morgan fingerprint density at radius 3 is 2.88 bits per heavy atom. The highest BCUT2D eigenvalue weighted by Crippen LogP contribution is 2.32. The SMILES string of the molecule is CCc1nc2nccc(C(=O)N3CCc4cc(C)c(C)cc43)c2[nH]1. The minimum Gasteiger partial charge on any atom is -0.340 e. The van der Waals surface area contributed by atoms with Gasteiger partial charge in [-0.2, -0.15) is 0 Å². The molecule has 2 aromatic heterocycles. The number of carbonyl (C=O) groups is 1. The van der Waals surface area contributed by atoms with Crippen LogP contribution in [0, 0.1) is 13.8 Å². The van der Waals surface area contributed by atoms with Crippen LogP contribution in [0.1, 0.15) is 39.8 Å². The molecule has 5 heteroatoms. The maximum atomic E-state index is 13.2. The second-order valence-corrected chi connectivity index (χ2v) is 6.37. The molecule has 0 unspecified atom stereocenters. The summed E-state index contributed by atoms with van der Waals surface area (Å²) in [5.74, 6) is 0.863. The Morgan fingerprint density at radius 1 is 1.29 bits per heavy atom. The van der Waals surface area contributed by atoms with E-state index in [1.165, 1.54) is 16.7 Å². The van der Waals surface area contributed by atoms with Gasteiger partial charge >= 0.3 is 0 Å². The first-order valence-corrected chi connectivity index (χ1v) is 8.34. The number of hydrogen-bond acceptors (Lipinski definition) is 3. The van der Waals surface area contributed by atoms with Gasteiger partial charge in [0, 0.05) is 24.8 Å². The van der Waals surface area contributed by atoms with Gasteiger partial charge in [-0.3, -0.25) is 4.79 Å². The first-order valence-electron chi connectivity index (χ1n) is 8.34. The van der Waals surface area contributed by atoms with Crippen molar-refractivity contribution in [1.29, 1.82) is 0 Å². The molecule has 1 aromatic carbocycles. The lowest BCUT2D eigenvalue weighted by Crippen LogP contribution is -2.29. The smallest absolute Gasteiger partial charge is 0.260 e. The van der Waals surface area contributed by atoms with Gasteiger partial charge in [-0.25, -0.2) is 9.97 Å². The molecule has 3 heterocycles. The monoisotopic (exact) mass is 320 g/mol. The fraction of sp³-hybridized carbons (Fsp3) is 0.316. The van der Waals surface area contributed by atoms with Gasteiger partial charge in [0.15, 0.2) is 5.65 Å². The van der Waals surface area contributed by atoms with Crippen molar-refractivity contribution in [1.82, 2.24) is 15.0 Å². The maximum absolute atomic E-state index is 13.2. The zero-order chi connectivity index (χ0) is 16.8. The van der Waals surface area contributed by atoms with Gasteiger partial charge in [0.1, 0.15) is 5.82 Å². The van der Waals surface area contributed by atoms with Crippen molar-refractivity contribution in [3.63, 3.8) is 0 Å². The molecule has 0 saturated heterocycles. The molecular weight excluding hydrogens is 300 g/mol. The van der Waals surface area contributed by atoms with Gasteiger partial charge in [0.25, 0.3) is 5.91 Å². The summed E-state index contributed by atoms with van der Waals surface area (Å²) in [6.45, 7) is 6.95. The van der Waals surface area contributed by atoms with Crippen molar-refractivity contribution in [2.45, 2.75) is 33.6 Å².